The maximum Gasteiger partial charge on any atom is 0.0912 e. The molecule has 0 bridgehead atoms. The fourth-order valence-corrected chi connectivity index (χ4v) is 5.26. The predicted octanol–water partition coefficient (Wildman–Crippen LogP) is 8.30. The summed E-state index contributed by atoms with van der Waals surface area (Å²) >= 11 is 0. The molecule has 2 aliphatic carbocycles. The number of hydrogen-bond acceptors (Lipinski definition) is 1. The van der Waals surface area contributed by atoms with E-state index in [2.05, 4.69) is 49.4 Å². The van der Waals surface area contributed by atoms with Crippen molar-refractivity contribution in [1.29, 1.82) is 5.26 Å². The lowest BCUT2D eigenvalue weighted by molar-refractivity contribution is 0.295. The van der Waals surface area contributed by atoms with Crippen LogP contribution in [0, 0.1) is 29.1 Å². The molecule has 2 fully saturated rings. The normalized spacial score (nSPS) is 27.7. The van der Waals surface area contributed by atoms with Crippen molar-refractivity contribution in [3.63, 3.8) is 0 Å². The minimum Gasteiger partial charge on any atom is -0.193 e. The van der Waals surface area contributed by atoms with Gasteiger partial charge in [-0.2, -0.15) is 5.26 Å². The summed E-state index contributed by atoms with van der Waals surface area (Å²) in [5.74, 6) is 3.30. The Morgan fingerprint density at radius 2 is 1.50 bits per heavy atom. The molecular weight excluding hydrogens is 362 g/mol. The first-order valence-corrected chi connectivity index (χ1v) is 12.3. The van der Waals surface area contributed by atoms with Gasteiger partial charge in [-0.25, -0.2) is 0 Å². The van der Waals surface area contributed by atoms with Crippen LogP contribution in [0.5, 0.6) is 0 Å². The molecule has 0 saturated heterocycles. The number of benzene rings is 1. The topological polar surface area (TPSA) is 23.8 Å². The van der Waals surface area contributed by atoms with E-state index in [1.807, 2.05) is 18.2 Å². The van der Waals surface area contributed by atoms with Gasteiger partial charge in [0.1, 0.15) is 0 Å². The van der Waals surface area contributed by atoms with Crippen LogP contribution in [0.3, 0.4) is 0 Å². The number of allylic oxidation sites excluding steroid dienone is 6. The Morgan fingerprint density at radius 1 is 0.867 bits per heavy atom. The zero-order chi connectivity index (χ0) is 21.0. The maximum absolute atomic E-state index is 8.48. The molecular formula is C29H39N. The lowest BCUT2D eigenvalue weighted by Crippen LogP contribution is -2.14. The predicted molar refractivity (Wildman–Crippen MR) is 128 cm³/mol. The van der Waals surface area contributed by atoms with Crippen LogP contribution < -0.4 is 0 Å². The zero-order valence-electron chi connectivity index (χ0n) is 18.8. The molecule has 0 unspecified atom stereocenters. The van der Waals surface area contributed by atoms with Crippen LogP contribution >= 0.6 is 0 Å². The molecule has 0 spiro atoms. The van der Waals surface area contributed by atoms with E-state index >= 15 is 0 Å². The summed E-state index contributed by atoms with van der Waals surface area (Å²) in [7, 11) is 0. The molecule has 1 heteroatoms. The van der Waals surface area contributed by atoms with E-state index in [4.69, 9.17) is 5.26 Å². The van der Waals surface area contributed by atoms with Gasteiger partial charge in [-0.1, -0.05) is 61.6 Å². The first-order valence-electron chi connectivity index (χ1n) is 12.3. The highest BCUT2D eigenvalue weighted by Crippen LogP contribution is 2.37. The molecule has 1 aromatic carbocycles. The van der Waals surface area contributed by atoms with Crippen LogP contribution in [0.4, 0.5) is 0 Å². The maximum atomic E-state index is 8.48. The van der Waals surface area contributed by atoms with E-state index < -0.39 is 0 Å². The summed E-state index contributed by atoms with van der Waals surface area (Å²) in [6.07, 6.45) is 27.2. The fraction of sp³-hybridized carbons (Fsp3) is 0.552. The van der Waals surface area contributed by atoms with Crippen molar-refractivity contribution >= 4 is 0 Å². The largest absolute Gasteiger partial charge is 0.193 e. The van der Waals surface area contributed by atoms with Gasteiger partial charge in [-0.15, -0.1) is 0 Å². The van der Waals surface area contributed by atoms with Crippen LogP contribution in [0.1, 0.15) is 88.2 Å². The molecule has 2 saturated carbocycles. The number of aryl methyl sites for hydroxylation is 1. The lowest BCUT2D eigenvalue weighted by atomic mass is 9.77. The Balaban J connectivity index is 1.33. The molecule has 30 heavy (non-hydrogen) atoms. The van der Waals surface area contributed by atoms with Gasteiger partial charge in [0.15, 0.2) is 0 Å². The van der Waals surface area contributed by atoms with E-state index in [1.54, 1.807) is 5.56 Å². The summed E-state index contributed by atoms with van der Waals surface area (Å²) in [6, 6.07) is 11.4. The van der Waals surface area contributed by atoms with E-state index in [0.29, 0.717) is 0 Å². The summed E-state index contributed by atoms with van der Waals surface area (Å²) < 4.78 is 0. The fourth-order valence-electron chi connectivity index (χ4n) is 5.26. The van der Waals surface area contributed by atoms with E-state index in [0.717, 1.165) is 36.5 Å². The summed E-state index contributed by atoms with van der Waals surface area (Å²) in [5, 5.41) is 8.48. The number of nitriles is 1. The Bertz CT molecular complexity index is 730. The molecule has 0 aliphatic heterocycles. The molecule has 0 aromatic heterocycles. The standard InChI is InChI=1S/C29H39N/c1-2-24-15-19-28(20-16-24)29-21-17-27(18-22-29)14-13-26-11-9-25(10-12-26)8-6-4-3-5-7-23-30/h3-5,7,13-16,19-20,25-27,29H,2,6,8-12,17-18,21-22H2,1H3/b4-3?,7-5?,14-13+. The van der Waals surface area contributed by atoms with Gasteiger partial charge in [0, 0.05) is 6.08 Å². The molecule has 3 rings (SSSR count). The minimum absolute atomic E-state index is 0.778. The van der Waals surface area contributed by atoms with Gasteiger partial charge in [0.2, 0.25) is 0 Å². The monoisotopic (exact) mass is 401 g/mol. The van der Waals surface area contributed by atoms with Crippen LogP contribution in [0.2, 0.25) is 0 Å². The van der Waals surface area contributed by atoms with Crippen LogP contribution in [0.15, 0.2) is 60.7 Å². The van der Waals surface area contributed by atoms with Crippen LogP contribution in [-0.4, -0.2) is 0 Å². The van der Waals surface area contributed by atoms with Crippen LogP contribution in [-0.2, 0) is 6.42 Å². The highest BCUT2D eigenvalue weighted by atomic mass is 14.3. The van der Waals surface area contributed by atoms with E-state index in [1.165, 1.54) is 69.4 Å². The molecule has 160 valence electrons. The smallest absolute Gasteiger partial charge is 0.0912 e. The third kappa shape index (κ3) is 7.32. The van der Waals surface area contributed by atoms with Crippen molar-refractivity contribution in [2.45, 2.75) is 83.5 Å². The second-order valence-electron chi connectivity index (χ2n) is 9.37. The van der Waals surface area contributed by atoms with Crippen molar-refractivity contribution in [2.24, 2.45) is 17.8 Å². The SMILES string of the molecule is CCc1ccc(C2CCC(/C=C/C3CCC(CCC=CC=CC#N)CC3)CC2)cc1. The average molecular weight is 402 g/mol. The Labute approximate surface area is 184 Å². The van der Waals surface area contributed by atoms with Gasteiger partial charge in [0.05, 0.1) is 6.07 Å². The van der Waals surface area contributed by atoms with Gasteiger partial charge in [-0.3, -0.25) is 0 Å². The Morgan fingerprint density at radius 3 is 2.10 bits per heavy atom. The number of rotatable bonds is 8. The van der Waals surface area contributed by atoms with Gasteiger partial charge < -0.3 is 0 Å². The van der Waals surface area contributed by atoms with Gasteiger partial charge in [-0.05, 0) is 105 Å². The average Bonchev–Trinajstić information content (AvgIpc) is 2.81. The highest BCUT2D eigenvalue weighted by molar-refractivity contribution is 5.26. The first kappa shape index (κ1) is 22.6. The van der Waals surface area contributed by atoms with Crippen molar-refractivity contribution in [2.75, 3.05) is 0 Å². The second kappa shape index (κ2) is 12.6. The van der Waals surface area contributed by atoms with Crippen molar-refractivity contribution in [3.05, 3.63) is 71.8 Å². The van der Waals surface area contributed by atoms with Crippen molar-refractivity contribution < 1.29 is 0 Å². The molecule has 0 atom stereocenters. The van der Waals surface area contributed by atoms with Gasteiger partial charge >= 0.3 is 0 Å². The molecule has 2 aliphatic rings. The number of hydrogen-bond donors (Lipinski definition) is 0. The summed E-state index contributed by atoms with van der Waals surface area (Å²) in [5.41, 5.74) is 3.01. The van der Waals surface area contributed by atoms with E-state index in [-0.39, 0.29) is 0 Å². The third-order valence-electron chi connectivity index (χ3n) is 7.34. The molecule has 0 amide bonds. The summed E-state index contributed by atoms with van der Waals surface area (Å²) in [4.78, 5) is 0. The lowest BCUT2D eigenvalue weighted by Gasteiger charge is -2.29. The quantitative estimate of drug-likeness (QED) is 0.244. The van der Waals surface area contributed by atoms with Crippen molar-refractivity contribution in [1.82, 2.24) is 0 Å². The van der Waals surface area contributed by atoms with Crippen molar-refractivity contribution in [3.8, 4) is 6.07 Å². The third-order valence-corrected chi connectivity index (χ3v) is 7.34. The molecule has 0 radical (unpaired) electrons. The zero-order valence-corrected chi connectivity index (χ0v) is 18.8. The van der Waals surface area contributed by atoms with E-state index in [9.17, 15) is 0 Å². The Kier molecular flexibility index (Phi) is 9.49. The summed E-state index contributed by atoms with van der Waals surface area (Å²) in [6.45, 7) is 2.23. The molecule has 1 aromatic rings. The second-order valence-corrected chi connectivity index (χ2v) is 9.37. The number of nitrogens with zero attached hydrogens (tertiary/aromatic N) is 1. The van der Waals surface area contributed by atoms with Gasteiger partial charge in [0.25, 0.3) is 0 Å². The highest BCUT2D eigenvalue weighted by Gasteiger charge is 2.22. The first-order chi connectivity index (χ1) is 14.8. The Hall–Kier alpha value is -2.07. The van der Waals surface area contributed by atoms with Crippen LogP contribution in [0.25, 0.3) is 0 Å². The molecule has 1 nitrogen and oxygen atoms in total. The molecule has 0 N–H and O–H groups in total. The molecule has 0 heterocycles. The minimum atomic E-state index is 0.778.